The van der Waals surface area contributed by atoms with Gasteiger partial charge in [-0.15, -0.1) is 13.2 Å². The predicted molar refractivity (Wildman–Crippen MR) is 79.4 cm³/mol. The van der Waals surface area contributed by atoms with Crippen LogP contribution in [0, 0.1) is 0 Å². The summed E-state index contributed by atoms with van der Waals surface area (Å²) < 4.78 is 0. The summed E-state index contributed by atoms with van der Waals surface area (Å²) in [5, 5.41) is 11.8. The third kappa shape index (κ3) is 4.44. The van der Waals surface area contributed by atoms with Gasteiger partial charge in [-0.25, -0.2) is 9.59 Å². The van der Waals surface area contributed by atoms with Crippen molar-refractivity contribution in [2.75, 3.05) is 18.4 Å². The van der Waals surface area contributed by atoms with Crippen LogP contribution in [0.2, 0.25) is 5.02 Å². The fourth-order valence-corrected chi connectivity index (χ4v) is 1.77. The van der Waals surface area contributed by atoms with Crippen LogP contribution in [0.4, 0.5) is 10.5 Å². The van der Waals surface area contributed by atoms with Crippen molar-refractivity contribution in [3.8, 4) is 0 Å². The second-order valence-electron chi connectivity index (χ2n) is 3.95. The van der Waals surface area contributed by atoms with E-state index in [1.807, 2.05) is 0 Å². The monoisotopic (exact) mass is 294 g/mol. The summed E-state index contributed by atoms with van der Waals surface area (Å²) >= 11 is 5.82. The molecule has 0 saturated carbocycles. The van der Waals surface area contributed by atoms with Crippen LogP contribution in [0.1, 0.15) is 10.4 Å². The van der Waals surface area contributed by atoms with Crippen LogP contribution in [-0.2, 0) is 0 Å². The van der Waals surface area contributed by atoms with Gasteiger partial charge in [-0.1, -0.05) is 23.8 Å². The van der Waals surface area contributed by atoms with Gasteiger partial charge in [0.1, 0.15) is 0 Å². The molecule has 0 aliphatic carbocycles. The standard InChI is InChI=1S/C14H15ClN2O3/c1-3-5-17(6-4-2)14(20)16-12-8-10(13(18)19)7-11(15)9-12/h3-4,7-9H,1-2,5-6H2,(H,16,20)(H,18,19). The number of anilines is 1. The van der Waals surface area contributed by atoms with Gasteiger partial charge in [0.2, 0.25) is 0 Å². The van der Waals surface area contributed by atoms with Crippen LogP contribution >= 0.6 is 11.6 Å². The molecule has 1 rings (SSSR count). The summed E-state index contributed by atoms with van der Waals surface area (Å²) in [6, 6.07) is 3.74. The Morgan fingerprint density at radius 1 is 1.25 bits per heavy atom. The largest absolute Gasteiger partial charge is 0.478 e. The molecule has 0 saturated heterocycles. The van der Waals surface area contributed by atoms with E-state index in [4.69, 9.17) is 16.7 Å². The first-order valence-corrected chi connectivity index (χ1v) is 6.17. The molecular formula is C14H15ClN2O3. The van der Waals surface area contributed by atoms with Crippen LogP contribution < -0.4 is 5.32 Å². The Kier molecular flexibility index (Phi) is 5.80. The maximum absolute atomic E-state index is 12.0. The van der Waals surface area contributed by atoms with E-state index in [0.29, 0.717) is 18.8 Å². The summed E-state index contributed by atoms with van der Waals surface area (Å²) in [6.45, 7) is 7.84. The van der Waals surface area contributed by atoms with Gasteiger partial charge in [-0.2, -0.15) is 0 Å². The van der Waals surface area contributed by atoms with Gasteiger partial charge in [0.15, 0.2) is 0 Å². The molecule has 0 spiro atoms. The van der Waals surface area contributed by atoms with Crippen molar-refractivity contribution in [2.45, 2.75) is 0 Å². The van der Waals surface area contributed by atoms with E-state index >= 15 is 0 Å². The molecule has 0 fully saturated rings. The highest BCUT2D eigenvalue weighted by molar-refractivity contribution is 6.31. The summed E-state index contributed by atoms with van der Waals surface area (Å²) in [5.41, 5.74) is 0.324. The molecule has 1 aromatic rings. The summed E-state index contributed by atoms with van der Waals surface area (Å²) in [5.74, 6) is -1.11. The normalized spacial score (nSPS) is 9.65. The van der Waals surface area contributed by atoms with Crippen molar-refractivity contribution in [3.63, 3.8) is 0 Å². The fraction of sp³-hybridized carbons (Fsp3) is 0.143. The molecule has 0 heterocycles. The van der Waals surface area contributed by atoms with Crippen LogP contribution in [-0.4, -0.2) is 35.1 Å². The second-order valence-corrected chi connectivity index (χ2v) is 4.38. The van der Waals surface area contributed by atoms with Crippen molar-refractivity contribution in [1.82, 2.24) is 4.90 Å². The van der Waals surface area contributed by atoms with Gasteiger partial charge in [-0.05, 0) is 18.2 Å². The van der Waals surface area contributed by atoms with Gasteiger partial charge in [0.25, 0.3) is 0 Å². The Balaban J connectivity index is 2.91. The molecule has 2 N–H and O–H groups in total. The maximum atomic E-state index is 12.0. The molecule has 2 amide bonds. The number of carboxylic acids is 1. The lowest BCUT2D eigenvalue weighted by molar-refractivity contribution is 0.0697. The van der Waals surface area contributed by atoms with Crippen LogP contribution in [0.15, 0.2) is 43.5 Å². The van der Waals surface area contributed by atoms with Crippen molar-refractivity contribution in [1.29, 1.82) is 0 Å². The fourth-order valence-electron chi connectivity index (χ4n) is 1.54. The van der Waals surface area contributed by atoms with Crippen molar-refractivity contribution >= 4 is 29.3 Å². The lowest BCUT2D eigenvalue weighted by Gasteiger charge is -2.20. The number of benzene rings is 1. The highest BCUT2D eigenvalue weighted by Crippen LogP contribution is 2.19. The third-order valence-corrected chi connectivity index (χ3v) is 2.60. The minimum Gasteiger partial charge on any atom is -0.478 e. The van der Waals surface area contributed by atoms with Crippen LogP contribution in [0.3, 0.4) is 0 Å². The smallest absolute Gasteiger partial charge is 0.335 e. The molecular weight excluding hydrogens is 280 g/mol. The Morgan fingerprint density at radius 2 is 1.85 bits per heavy atom. The molecule has 20 heavy (non-hydrogen) atoms. The Labute approximate surface area is 122 Å². The number of rotatable bonds is 6. The lowest BCUT2D eigenvalue weighted by Crippen LogP contribution is -2.35. The molecule has 0 aromatic heterocycles. The SMILES string of the molecule is C=CCN(CC=C)C(=O)Nc1cc(Cl)cc(C(=O)O)c1. The third-order valence-electron chi connectivity index (χ3n) is 2.38. The predicted octanol–water partition coefficient (Wildman–Crippen LogP) is 3.24. The van der Waals surface area contributed by atoms with Gasteiger partial charge in [0, 0.05) is 23.8 Å². The Hall–Kier alpha value is -2.27. The van der Waals surface area contributed by atoms with Crippen LogP contribution in [0.5, 0.6) is 0 Å². The molecule has 0 atom stereocenters. The summed E-state index contributed by atoms with van der Waals surface area (Å²) in [4.78, 5) is 24.4. The zero-order valence-electron chi connectivity index (χ0n) is 10.8. The van der Waals surface area contributed by atoms with Gasteiger partial charge >= 0.3 is 12.0 Å². The minimum absolute atomic E-state index is 0.00629. The van der Waals surface area contributed by atoms with E-state index in [1.54, 1.807) is 12.2 Å². The average molecular weight is 295 g/mol. The number of carbonyl (C=O) groups excluding carboxylic acids is 1. The van der Waals surface area contributed by atoms with E-state index in [1.165, 1.54) is 23.1 Å². The zero-order valence-corrected chi connectivity index (χ0v) is 11.6. The number of halogens is 1. The lowest BCUT2D eigenvalue weighted by atomic mass is 10.2. The van der Waals surface area contributed by atoms with E-state index in [2.05, 4.69) is 18.5 Å². The molecule has 106 valence electrons. The average Bonchev–Trinajstić information content (AvgIpc) is 2.37. The molecule has 0 bridgehead atoms. The quantitative estimate of drug-likeness (QED) is 0.791. The summed E-state index contributed by atoms with van der Waals surface area (Å²) in [6.07, 6.45) is 3.17. The van der Waals surface area contributed by atoms with Crippen LogP contribution in [0.25, 0.3) is 0 Å². The number of carboxylic acid groups (broad SMARTS) is 1. The number of nitrogens with one attached hydrogen (secondary N) is 1. The maximum Gasteiger partial charge on any atom is 0.335 e. The second kappa shape index (κ2) is 7.35. The van der Waals surface area contributed by atoms with Crippen molar-refractivity contribution in [3.05, 3.63) is 54.1 Å². The number of hydrogen-bond acceptors (Lipinski definition) is 2. The summed E-state index contributed by atoms with van der Waals surface area (Å²) in [7, 11) is 0. The highest BCUT2D eigenvalue weighted by Gasteiger charge is 2.12. The van der Waals surface area contributed by atoms with E-state index < -0.39 is 5.97 Å². The van der Waals surface area contributed by atoms with Crippen molar-refractivity contribution in [2.24, 2.45) is 0 Å². The van der Waals surface area contributed by atoms with Gasteiger partial charge in [-0.3, -0.25) is 0 Å². The first-order valence-electron chi connectivity index (χ1n) is 5.79. The van der Waals surface area contributed by atoms with E-state index in [9.17, 15) is 9.59 Å². The number of urea groups is 1. The number of carbonyl (C=O) groups is 2. The first-order chi connectivity index (χ1) is 9.47. The van der Waals surface area contributed by atoms with Gasteiger partial charge < -0.3 is 15.3 Å². The van der Waals surface area contributed by atoms with E-state index in [-0.39, 0.29) is 16.6 Å². The van der Waals surface area contributed by atoms with Crippen molar-refractivity contribution < 1.29 is 14.7 Å². The highest BCUT2D eigenvalue weighted by atomic mass is 35.5. The molecule has 0 aliphatic rings. The Bertz CT molecular complexity index is 533. The van der Waals surface area contributed by atoms with E-state index in [0.717, 1.165) is 0 Å². The molecule has 6 heteroatoms. The number of nitrogens with zero attached hydrogens (tertiary/aromatic N) is 1. The number of amides is 2. The number of hydrogen-bond donors (Lipinski definition) is 2. The molecule has 5 nitrogen and oxygen atoms in total. The Morgan fingerprint density at radius 3 is 2.35 bits per heavy atom. The number of aromatic carboxylic acids is 1. The molecule has 0 unspecified atom stereocenters. The zero-order chi connectivity index (χ0) is 15.1. The molecule has 0 aliphatic heterocycles. The van der Waals surface area contributed by atoms with Gasteiger partial charge in [0.05, 0.1) is 5.56 Å². The minimum atomic E-state index is -1.11. The molecule has 0 radical (unpaired) electrons. The topological polar surface area (TPSA) is 69.6 Å². The molecule has 1 aromatic carbocycles. The first kappa shape index (κ1) is 15.8.